The molecule has 1 rings (SSSR count). The molecule has 0 aliphatic heterocycles. The van der Waals surface area contributed by atoms with Gasteiger partial charge >= 0.3 is 11.9 Å². The first-order chi connectivity index (χ1) is 29.5. The Hall–Kier alpha value is -2.63. The van der Waals surface area contributed by atoms with E-state index in [1.165, 1.54) is 154 Å². The van der Waals surface area contributed by atoms with Crippen LogP contribution >= 0.6 is 0 Å². The van der Waals surface area contributed by atoms with Crippen LogP contribution in [-0.2, 0) is 30.3 Å². The van der Waals surface area contributed by atoms with Crippen LogP contribution in [0.5, 0.6) is 0 Å². The van der Waals surface area contributed by atoms with Gasteiger partial charge in [0.2, 0.25) is 5.91 Å². The Morgan fingerprint density at radius 2 is 0.783 bits per heavy atom. The predicted octanol–water partition coefficient (Wildman–Crippen LogP) is 15.5. The van der Waals surface area contributed by atoms with E-state index < -0.39 is 0 Å². The second kappa shape index (κ2) is 41.7. The lowest BCUT2D eigenvalue weighted by Gasteiger charge is -2.23. The molecule has 0 atom stereocenters. The van der Waals surface area contributed by atoms with Crippen LogP contribution in [0.2, 0.25) is 0 Å². The second-order valence-electron chi connectivity index (χ2n) is 17.8. The molecule has 0 aliphatic rings. The molecule has 0 saturated heterocycles. The number of hydrogen-bond donors (Lipinski definition) is 0. The number of ether oxygens (including phenoxy) is 2. The van der Waals surface area contributed by atoms with Gasteiger partial charge in [-0.2, -0.15) is 0 Å². The minimum Gasteiger partial charge on any atom is -0.464 e. The smallest absolute Gasteiger partial charge is 0.308 e. The molecule has 0 bridgehead atoms. The number of nitrogens with zero attached hydrogens (tertiary/aromatic N) is 1. The first kappa shape index (κ1) is 55.4. The number of esters is 2. The highest BCUT2D eigenvalue weighted by Gasteiger charge is 2.22. The Balaban J connectivity index is 2.86. The van der Waals surface area contributed by atoms with Gasteiger partial charge in [0.15, 0.2) is 0 Å². The minimum atomic E-state index is -0.150. The van der Waals surface area contributed by atoms with E-state index in [1.54, 1.807) is 11.0 Å². The molecule has 0 aromatic heterocycles. The molecule has 0 fully saturated rings. The Kier molecular flexibility index (Phi) is 38.5. The van der Waals surface area contributed by atoms with Crippen LogP contribution in [0.1, 0.15) is 239 Å². The highest BCUT2D eigenvalue weighted by molar-refractivity contribution is 5.87. The summed E-state index contributed by atoms with van der Waals surface area (Å²) < 4.78 is 11.9. The van der Waals surface area contributed by atoms with Crippen LogP contribution in [0.3, 0.4) is 0 Å². The van der Waals surface area contributed by atoms with Crippen molar-refractivity contribution >= 4 is 17.8 Å². The zero-order valence-electron chi connectivity index (χ0n) is 39.8. The van der Waals surface area contributed by atoms with E-state index in [1.807, 2.05) is 24.3 Å². The van der Waals surface area contributed by atoms with Gasteiger partial charge in [0, 0.05) is 0 Å². The van der Waals surface area contributed by atoms with Crippen molar-refractivity contribution in [1.29, 1.82) is 0 Å². The van der Waals surface area contributed by atoms with Crippen molar-refractivity contribution < 1.29 is 23.9 Å². The summed E-state index contributed by atoms with van der Waals surface area (Å²) >= 11 is 0. The molecular weight excluding hydrogens is 743 g/mol. The van der Waals surface area contributed by atoms with Crippen LogP contribution in [0.4, 0.5) is 0 Å². The summed E-state index contributed by atoms with van der Waals surface area (Å²) in [5, 5.41) is 0. The average Bonchev–Trinajstić information content (AvgIpc) is 3.25. The van der Waals surface area contributed by atoms with Gasteiger partial charge in [0.1, 0.15) is 13.2 Å². The molecule has 1 aromatic rings. The second-order valence-corrected chi connectivity index (χ2v) is 17.8. The molecule has 0 saturated carbocycles. The molecule has 6 heteroatoms. The lowest BCUT2D eigenvalue weighted by molar-refractivity contribution is -0.151. The highest BCUT2D eigenvalue weighted by Crippen LogP contribution is 2.23. The molecule has 0 unspecified atom stereocenters. The van der Waals surface area contributed by atoms with Crippen molar-refractivity contribution in [3.05, 3.63) is 48.0 Å². The number of allylic oxidation sites excluding steroid dienone is 1. The third-order valence-corrected chi connectivity index (χ3v) is 12.3. The first-order valence-electron chi connectivity index (χ1n) is 25.8. The SMILES string of the molecule is CCCCCCCCCC(CCCCCCCCC)C(=O)OCCN(CCOC(=O)C(CCCCCCCCC)CCCCCCCCC)C(=O)/C=C\Cc1ccccc1. The number of hydrogen-bond acceptors (Lipinski definition) is 5. The third kappa shape index (κ3) is 32.1. The molecule has 0 N–H and O–H groups in total. The maximum atomic E-state index is 13.6. The zero-order chi connectivity index (χ0) is 43.6. The molecule has 0 aliphatic carbocycles. The van der Waals surface area contributed by atoms with E-state index in [2.05, 4.69) is 39.8 Å². The number of rotatable bonds is 43. The van der Waals surface area contributed by atoms with Crippen LogP contribution in [0.15, 0.2) is 42.5 Å². The summed E-state index contributed by atoms with van der Waals surface area (Å²) in [7, 11) is 0. The van der Waals surface area contributed by atoms with E-state index in [4.69, 9.17) is 9.47 Å². The summed E-state index contributed by atoms with van der Waals surface area (Å²) in [5.74, 6) is -0.565. The molecule has 0 spiro atoms. The van der Waals surface area contributed by atoms with Gasteiger partial charge in [-0.15, -0.1) is 0 Å². The van der Waals surface area contributed by atoms with Gasteiger partial charge in [-0.3, -0.25) is 14.4 Å². The van der Waals surface area contributed by atoms with Crippen molar-refractivity contribution in [2.45, 2.75) is 240 Å². The van der Waals surface area contributed by atoms with Gasteiger partial charge in [0.05, 0.1) is 24.9 Å². The summed E-state index contributed by atoms with van der Waals surface area (Å²) in [6, 6.07) is 10.1. The number of amides is 1. The lowest BCUT2D eigenvalue weighted by Crippen LogP contribution is -2.37. The van der Waals surface area contributed by atoms with E-state index in [-0.39, 0.29) is 56.0 Å². The molecule has 6 nitrogen and oxygen atoms in total. The fourth-order valence-electron chi connectivity index (χ4n) is 8.25. The maximum absolute atomic E-state index is 13.6. The van der Waals surface area contributed by atoms with Crippen molar-refractivity contribution in [3.63, 3.8) is 0 Å². The largest absolute Gasteiger partial charge is 0.464 e. The Morgan fingerprint density at radius 3 is 1.12 bits per heavy atom. The number of carbonyl (C=O) groups excluding carboxylic acids is 3. The Bertz CT molecular complexity index is 1060. The average molecular weight is 838 g/mol. The van der Waals surface area contributed by atoms with Crippen LogP contribution in [0, 0.1) is 11.8 Å². The topological polar surface area (TPSA) is 72.9 Å². The number of unbranched alkanes of at least 4 members (excludes halogenated alkanes) is 24. The van der Waals surface area contributed by atoms with E-state index in [0.29, 0.717) is 6.42 Å². The fraction of sp³-hybridized carbons (Fsp3) is 0.796. The van der Waals surface area contributed by atoms with Crippen molar-refractivity contribution in [2.24, 2.45) is 11.8 Å². The third-order valence-electron chi connectivity index (χ3n) is 12.3. The van der Waals surface area contributed by atoms with Crippen LogP contribution < -0.4 is 0 Å². The summed E-state index contributed by atoms with van der Waals surface area (Å²) in [6.45, 7) is 9.85. The van der Waals surface area contributed by atoms with Crippen LogP contribution in [-0.4, -0.2) is 49.0 Å². The molecule has 0 radical (unpaired) electrons. The normalized spacial score (nSPS) is 11.6. The monoisotopic (exact) mass is 838 g/mol. The Labute approximate surface area is 371 Å². The summed E-state index contributed by atoms with van der Waals surface area (Å²) in [4.78, 5) is 42.4. The van der Waals surface area contributed by atoms with Gasteiger partial charge < -0.3 is 14.4 Å². The van der Waals surface area contributed by atoms with Crippen molar-refractivity contribution in [1.82, 2.24) is 4.90 Å². The first-order valence-corrected chi connectivity index (χ1v) is 25.8. The Morgan fingerprint density at radius 1 is 0.467 bits per heavy atom. The fourth-order valence-corrected chi connectivity index (χ4v) is 8.25. The molecular formula is C54H95NO5. The number of carbonyl (C=O) groups is 3. The maximum Gasteiger partial charge on any atom is 0.308 e. The quantitative estimate of drug-likeness (QED) is 0.0372. The standard InChI is InChI=1S/C54H95NO5/c1-5-9-13-17-21-25-32-40-50(41-33-26-22-18-14-10-6-2)53(57)59-47-45-55(52(56)44-36-39-49-37-30-29-31-38-49)46-48-60-54(58)51(42-34-27-23-19-15-11-7-3)43-35-28-24-20-16-12-8-4/h29-31,36-38,44,50-51H,5-28,32-35,39-43,45-48H2,1-4H3/b44-36-. The van der Waals surface area contributed by atoms with Gasteiger partial charge in [0.25, 0.3) is 0 Å². The number of benzene rings is 1. The minimum absolute atomic E-state index is 0.0863. The molecule has 1 amide bonds. The molecule has 1 aromatic carbocycles. The lowest BCUT2D eigenvalue weighted by atomic mass is 9.94. The van der Waals surface area contributed by atoms with Gasteiger partial charge in [-0.05, 0) is 43.7 Å². The molecule has 346 valence electrons. The van der Waals surface area contributed by atoms with E-state index in [0.717, 1.165) is 56.9 Å². The summed E-state index contributed by atoms with van der Waals surface area (Å²) in [6.07, 6.45) is 42.0. The highest BCUT2D eigenvalue weighted by atomic mass is 16.5. The molecule has 0 heterocycles. The predicted molar refractivity (Wildman–Crippen MR) is 255 cm³/mol. The van der Waals surface area contributed by atoms with Gasteiger partial charge in [-0.1, -0.05) is 244 Å². The molecule has 60 heavy (non-hydrogen) atoms. The van der Waals surface area contributed by atoms with Crippen molar-refractivity contribution in [2.75, 3.05) is 26.3 Å². The van der Waals surface area contributed by atoms with E-state index in [9.17, 15) is 14.4 Å². The van der Waals surface area contributed by atoms with Gasteiger partial charge in [-0.25, -0.2) is 0 Å². The van der Waals surface area contributed by atoms with E-state index >= 15 is 0 Å². The van der Waals surface area contributed by atoms with Crippen LogP contribution in [0.25, 0.3) is 0 Å². The van der Waals surface area contributed by atoms with Crippen molar-refractivity contribution in [3.8, 4) is 0 Å². The summed E-state index contributed by atoms with van der Waals surface area (Å²) in [5.41, 5.74) is 1.14. The zero-order valence-corrected chi connectivity index (χ0v) is 39.8.